The highest BCUT2D eigenvalue weighted by atomic mass is 32.1. The molecule has 17 heavy (non-hydrogen) atoms. The van der Waals surface area contributed by atoms with Gasteiger partial charge in [-0.05, 0) is 11.4 Å². The first-order chi connectivity index (χ1) is 8.31. The van der Waals surface area contributed by atoms with Crippen molar-refractivity contribution in [2.24, 2.45) is 0 Å². The summed E-state index contributed by atoms with van der Waals surface area (Å²) in [6.45, 7) is 1.25. The van der Waals surface area contributed by atoms with Crippen LogP contribution in [0.4, 0.5) is 5.95 Å². The van der Waals surface area contributed by atoms with E-state index < -0.39 is 0 Å². The zero-order valence-corrected chi connectivity index (χ0v) is 9.62. The maximum atomic E-state index is 12.1. The molecule has 1 aliphatic rings. The van der Waals surface area contributed by atoms with Crippen LogP contribution in [0.1, 0.15) is 5.56 Å². The normalized spacial score (nSPS) is 12.9. The molecule has 0 spiro atoms. The lowest BCUT2D eigenvalue weighted by molar-refractivity contribution is 0.759. The summed E-state index contributed by atoms with van der Waals surface area (Å²) in [6.07, 6.45) is 0. The van der Waals surface area contributed by atoms with Crippen molar-refractivity contribution in [2.75, 3.05) is 11.9 Å². The summed E-state index contributed by atoms with van der Waals surface area (Å²) < 4.78 is 1.51. The van der Waals surface area contributed by atoms with Gasteiger partial charge in [-0.3, -0.25) is 9.36 Å². The molecule has 0 aromatic carbocycles. The van der Waals surface area contributed by atoms with Crippen LogP contribution in [0.5, 0.6) is 0 Å². The minimum Gasteiger partial charge on any atom is -0.354 e. The van der Waals surface area contributed by atoms with Crippen LogP contribution in [0.3, 0.4) is 0 Å². The zero-order valence-electron chi connectivity index (χ0n) is 8.80. The molecule has 0 fully saturated rings. The molecular weight excluding hydrogens is 236 g/mol. The number of hydrogen-bond donors (Lipinski definition) is 1. The molecule has 6 heteroatoms. The van der Waals surface area contributed by atoms with Gasteiger partial charge in [0.25, 0.3) is 5.56 Å². The van der Waals surface area contributed by atoms with Gasteiger partial charge < -0.3 is 5.32 Å². The van der Waals surface area contributed by atoms with E-state index in [1.165, 1.54) is 15.9 Å². The van der Waals surface area contributed by atoms with Crippen molar-refractivity contribution in [1.29, 1.82) is 5.26 Å². The first-order valence-electron chi connectivity index (χ1n) is 5.14. The summed E-state index contributed by atoms with van der Waals surface area (Å²) in [5.41, 5.74) is 0.346. The molecule has 1 N–H and O–H groups in total. The van der Waals surface area contributed by atoms with Crippen molar-refractivity contribution >= 4 is 17.3 Å². The first-order valence-corrected chi connectivity index (χ1v) is 6.02. The number of hydrogen-bond acceptors (Lipinski definition) is 5. The van der Waals surface area contributed by atoms with Crippen molar-refractivity contribution < 1.29 is 0 Å². The maximum Gasteiger partial charge on any atom is 0.273 e. The smallest absolute Gasteiger partial charge is 0.273 e. The number of fused-ring (bicyclic) bond motifs is 1. The number of thiophene rings is 1. The Bertz CT molecular complexity index is 666. The lowest BCUT2D eigenvalue weighted by atomic mass is 10.2. The van der Waals surface area contributed by atoms with Gasteiger partial charge in [0.2, 0.25) is 5.95 Å². The molecule has 0 unspecified atom stereocenters. The van der Waals surface area contributed by atoms with E-state index in [9.17, 15) is 4.79 Å². The molecule has 0 saturated carbocycles. The Labute approximate surface area is 101 Å². The number of rotatable bonds is 1. The van der Waals surface area contributed by atoms with Crippen LogP contribution in [-0.2, 0) is 6.54 Å². The first kappa shape index (κ1) is 10.1. The number of nitriles is 1. The van der Waals surface area contributed by atoms with E-state index >= 15 is 0 Å². The molecular formula is C11H8N4OS. The molecule has 1 aliphatic heterocycles. The second-order valence-corrected chi connectivity index (χ2v) is 4.58. The van der Waals surface area contributed by atoms with Crippen LogP contribution in [-0.4, -0.2) is 16.1 Å². The fourth-order valence-electron chi connectivity index (χ4n) is 1.87. The third kappa shape index (κ3) is 1.44. The molecule has 0 aliphatic carbocycles. The van der Waals surface area contributed by atoms with Gasteiger partial charge in [0, 0.05) is 13.1 Å². The number of nitrogens with one attached hydrogen (secondary N) is 1. The second kappa shape index (κ2) is 3.71. The molecule has 0 saturated heterocycles. The summed E-state index contributed by atoms with van der Waals surface area (Å²) in [5.74, 6) is 0.553. The fourth-order valence-corrected chi connectivity index (χ4v) is 2.59. The Balaban J connectivity index is 2.34. The standard InChI is InChI=1S/C11H8N4OS/c12-6-7-9(8-2-1-5-17-8)14-11-13-3-4-15(11)10(7)16/h1-2,5H,3-4H2,(H,13,14). The highest BCUT2D eigenvalue weighted by molar-refractivity contribution is 7.13. The average molecular weight is 244 g/mol. The topological polar surface area (TPSA) is 70.7 Å². The Morgan fingerprint density at radius 3 is 3.18 bits per heavy atom. The molecule has 3 heterocycles. The van der Waals surface area contributed by atoms with E-state index in [0.717, 1.165) is 4.88 Å². The highest BCUT2D eigenvalue weighted by Crippen LogP contribution is 2.26. The predicted octanol–water partition coefficient (Wildman–Crippen LogP) is 1.27. The van der Waals surface area contributed by atoms with E-state index in [4.69, 9.17) is 5.26 Å². The fraction of sp³-hybridized carbons (Fsp3) is 0.182. The lowest BCUT2D eigenvalue weighted by Crippen LogP contribution is -2.22. The van der Waals surface area contributed by atoms with Crippen molar-refractivity contribution in [3.63, 3.8) is 0 Å². The van der Waals surface area contributed by atoms with E-state index in [1.807, 2.05) is 23.6 Å². The molecule has 0 atom stereocenters. The molecule has 3 rings (SSSR count). The van der Waals surface area contributed by atoms with E-state index in [1.54, 1.807) is 0 Å². The van der Waals surface area contributed by atoms with Crippen LogP contribution < -0.4 is 10.9 Å². The summed E-state index contributed by atoms with van der Waals surface area (Å²) in [5, 5.41) is 14.1. The number of anilines is 1. The van der Waals surface area contributed by atoms with Gasteiger partial charge in [0.05, 0.1) is 4.88 Å². The quantitative estimate of drug-likeness (QED) is 0.820. The molecule has 0 radical (unpaired) electrons. The number of nitrogens with zero attached hydrogens (tertiary/aromatic N) is 3. The monoisotopic (exact) mass is 244 g/mol. The summed E-state index contributed by atoms with van der Waals surface area (Å²) in [6, 6.07) is 5.70. The van der Waals surface area contributed by atoms with Crippen LogP contribution >= 0.6 is 11.3 Å². The molecule has 0 bridgehead atoms. The molecule has 2 aromatic heterocycles. The van der Waals surface area contributed by atoms with E-state index in [-0.39, 0.29) is 11.1 Å². The van der Waals surface area contributed by atoms with Crippen molar-refractivity contribution in [1.82, 2.24) is 9.55 Å². The minimum absolute atomic E-state index is 0.125. The van der Waals surface area contributed by atoms with Gasteiger partial charge in [-0.2, -0.15) is 5.26 Å². The lowest BCUT2D eigenvalue weighted by Gasteiger charge is -2.05. The van der Waals surface area contributed by atoms with Gasteiger partial charge in [0.1, 0.15) is 17.3 Å². The van der Waals surface area contributed by atoms with Crippen molar-refractivity contribution in [2.45, 2.75) is 6.54 Å². The third-order valence-corrected chi connectivity index (χ3v) is 3.53. The Morgan fingerprint density at radius 2 is 2.47 bits per heavy atom. The molecule has 2 aromatic rings. The Kier molecular flexibility index (Phi) is 2.20. The van der Waals surface area contributed by atoms with E-state index in [0.29, 0.717) is 24.7 Å². The third-order valence-electron chi connectivity index (χ3n) is 2.65. The summed E-state index contributed by atoms with van der Waals surface area (Å²) >= 11 is 1.47. The molecule has 5 nitrogen and oxygen atoms in total. The number of aromatic nitrogens is 2. The molecule has 84 valence electrons. The van der Waals surface area contributed by atoms with Gasteiger partial charge in [-0.15, -0.1) is 11.3 Å². The largest absolute Gasteiger partial charge is 0.354 e. The van der Waals surface area contributed by atoms with Crippen LogP contribution in [0, 0.1) is 11.3 Å². The van der Waals surface area contributed by atoms with Crippen LogP contribution in [0.25, 0.3) is 10.6 Å². The highest BCUT2D eigenvalue weighted by Gasteiger charge is 2.20. The van der Waals surface area contributed by atoms with Gasteiger partial charge in [0.15, 0.2) is 0 Å². The van der Waals surface area contributed by atoms with Crippen LogP contribution in [0.2, 0.25) is 0 Å². The second-order valence-electron chi connectivity index (χ2n) is 3.63. The summed E-state index contributed by atoms with van der Waals surface area (Å²) in [4.78, 5) is 17.3. The van der Waals surface area contributed by atoms with Crippen LogP contribution in [0.15, 0.2) is 22.3 Å². The van der Waals surface area contributed by atoms with Crippen molar-refractivity contribution in [3.8, 4) is 16.6 Å². The Hall–Kier alpha value is -2.13. The average Bonchev–Trinajstić information content (AvgIpc) is 2.99. The predicted molar refractivity (Wildman–Crippen MR) is 65.0 cm³/mol. The van der Waals surface area contributed by atoms with E-state index in [2.05, 4.69) is 10.3 Å². The Morgan fingerprint density at radius 1 is 1.59 bits per heavy atom. The summed E-state index contributed by atoms with van der Waals surface area (Å²) in [7, 11) is 0. The zero-order chi connectivity index (χ0) is 11.8. The van der Waals surface area contributed by atoms with Gasteiger partial charge >= 0.3 is 0 Å². The van der Waals surface area contributed by atoms with Gasteiger partial charge in [-0.25, -0.2) is 4.98 Å². The minimum atomic E-state index is -0.258. The SMILES string of the molecule is N#Cc1c(-c2cccs2)nc2n(c1=O)CCN2. The maximum absolute atomic E-state index is 12.1. The van der Waals surface area contributed by atoms with Gasteiger partial charge in [-0.1, -0.05) is 6.07 Å². The van der Waals surface area contributed by atoms with Crippen molar-refractivity contribution in [3.05, 3.63) is 33.4 Å². The molecule has 0 amide bonds.